The van der Waals surface area contributed by atoms with Gasteiger partial charge in [0.25, 0.3) is 5.91 Å². The van der Waals surface area contributed by atoms with Gasteiger partial charge in [0.2, 0.25) is 0 Å². The first-order chi connectivity index (χ1) is 16.5. The van der Waals surface area contributed by atoms with Gasteiger partial charge in [0, 0.05) is 17.7 Å². The maximum Gasteiger partial charge on any atom is 0.273 e. The first-order valence-electron chi connectivity index (χ1n) is 11.5. The molecular formula is C28H27N3O3. The standard InChI is InChI=1S/C28H27N3O3/c1-4-13-31-26(19-9-8-12-21(16-19)34-20-10-6-5-7-11-20)23-24(29-30-25(23)28(31)33)22-15-17(2)14-18(3)27(22)32/h5-12,14-16,26,32H,4,13H2,1-3H3,(H,29,30). The Balaban J connectivity index is 1.63. The first kappa shape index (κ1) is 21.8. The number of para-hydroxylation sites is 1. The van der Waals surface area contributed by atoms with Crippen LogP contribution < -0.4 is 4.74 Å². The van der Waals surface area contributed by atoms with Gasteiger partial charge in [0.15, 0.2) is 0 Å². The molecule has 0 saturated heterocycles. The number of benzene rings is 3. The van der Waals surface area contributed by atoms with Gasteiger partial charge in [-0.2, -0.15) is 5.10 Å². The van der Waals surface area contributed by atoms with E-state index >= 15 is 0 Å². The van der Waals surface area contributed by atoms with Crippen LogP contribution in [0.25, 0.3) is 11.3 Å². The number of amides is 1. The van der Waals surface area contributed by atoms with Crippen molar-refractivity contribution in [1.29, 1.82) is 0 Å². The van der Waals surface area contributed by atoms with Crippen molar-refractivity contribution in [1.82, 2.24) is 15.1 Å². The second-order valence-corrected chi connectivity index (χ2v) is 8.73. The van der Waals surface area contributed by atoms with Crippen LogP contribution in [0.3, 0.4) is 0 Å². The highest BCUT2D eigenvalue weighted by Gasteiger charge is 2.42. The molecule has 6 heteroatoms. The average molecular weight is 454 g/mol. The number of nitrogens with zero attached hydrogens (tertiary/aromatic N) is 2. The lowest BCUT2D eigenvalue weighted by molar-refractivity contribution is 0.0744. The molecule has 4 aromatic rings. The summed E-state index contributed by atoms with van der Waals surface area (Å²) in [6, 6.07) is 21.0. The average Bonchev–Trinajstić information content (AvgIpc) is 3.36. The summed E-state index contributed by atoms with van der Waals surface area (Å²) in [6.07, 6.45) is 0.824. The molecule has 5 rings (SSSR count). The number of nitrogens with one attached hydrogen (secondary N) is 1. The summed E-state index contributed by atoms with van der Waals surface area (Å²) in [6.45, 7) is 6.52. The van der Waals surface area contributed by atoms with Gasteiger partial charge >= 0.3 is 0 Å². The molecule has 0 bridgehead atoms. The van der Waals surface area contributed by atoms with Gasteiger partial charge in [-0.15, -0.1) is 0 Å². The molecule has 0 fully saturated rings. The smallest absolute Gasteiger partial charge is 0.273 e. The molecule has 2 N–H and O–H groups in total. The SMILES string of the molecule is CCCN1C(=O)c2[nH]nc(-c3cc(C)cc(C)c3O)c2C1c1cccc(Oc2ccccc2)c1. The van der Waals surface area contributed by atoms with E-state index in [1.807, 2.05) is 85.5 Å². The monoisotopic (exact) mass is 453 g/mol. The number of carbonyl (C=O) groups is 1. The number of phenolic OH excluding ortho intramolecular Hbond substituents is 1. The van der Waals surface area contributed by atoms with E-state index in [1.165, 1.54) is 0 Å². The number of rotatable bonds is 6. The Hall–Kier alpha value is -4.06. The fourth-order valence-corrected chi connectivity index (χ4v) is 4.73. The Morgan fingerprint density at radius 1 is 1.03 bits per heavy atom. The fourth-order valence-electron chi connectivity index (χ4n) is 4.73. The Morgan fingerprint density at radius 2 is 1.79 bits per heavy atom. The van der Waals surface area contributed by atoms with E-state index in [0.29, 0.717) is 29.2 Å². The van der Waals surface area contributed by atoms with Gasteiger partial charge in [0.05, 0.1) is 6.04 Å². The minimum Gasteiger partial charge on any atom is -0.507 e. The molecule has 1 atom stereocenters. The van der Waals surface area contributed by atoms with Crippen molar-refractivity contribution in [2.75, 3.05) is 6.54 Å². The van der Waals surface area contributed by atoms with E-state index in [0.717, 1.165) is 34.4 Å². The highest BCUT2D eigenvalue weighted by Crippen LogP contribution is 2.45. The van der Waals surface area contributed by atoms with Crippen LogP contribution in [0.2, 0.25) is 0 Å². The van der Waals surface area contributed by atoms with E-state index in [2.05, 4.69) is 17.1 Å². The molecule has 1 aliphatic rings. The van der Waals surface area contributed by atoms with Crippen LogP contribution in [0.15, 0.2) is 66.7 Å². The number of hydrogen-bond donors (Lipinski definition) is 2. The lowest BCUT2D eigenvalue weighted by Gasteiger charge is -2.26. The number of H-pyrrole nitrogens is 1. The number of hydrogen-bond acceptors (Lipinski definition) is 4. The topological polar surface area (TPSA) is 78.5 Å². The maximum atomic E-state index is 13.4. The van der Waals surface area contributed by atoms with Crippen molar-refractivity contribution in [3.8, 4) is 28.5 Å². The summed E-state index contributed by atoms with van der Waals surface area (Å²) in [7, 11) is 0. The number of aryl methyl sites for hydroxylation is 2. The molecule has 0 radical (unpaired) electrons. The van der Waals surface area contributed by atoms with Crippen LogP contribution in [0, 0.1) is 13.8 Å². The van der Waals surface area contributed by atoms with Crippen molar-refractivity contribution in [3.63, 3.8) is 0 Å². The molecule has 0 aliphatic carbocycles. The minimum atomic E-state index is -0.337. The molecule has 6 nitrogen and oxygen atoms in total. The Morgan fingerprint density at radius 3 is 2.56 bits per heavy atom. The number of aromatic hydroxyl groups is 1. The van der Waals surface area contributed by atoms with Gasteiger partial charge < -0.3 is 14.7 Å². The second-order valence-electron chi connectivity index (χ2n) is 8.73. The number of ether oxygens (including phenoxy) is 1. The Labute approximate surface area is 198 Å². The third-order valence-electron chi connectivity index (χ3n) is 6.18. The lowest BCUT2D eigenvalue weighted by atomic mass is 9.94. The highest BCUT2D eigenvalue weighted by atomic mass is 16.5. The van der Waals surface area contributed by atoms with Crippen molar-refractivity contribution in [2.45, 2.75) is 33.2 Å². The van der Waals surface area contributed by atoms with Crippen LogP contribution in [-0.2, 0) is 0 Å². The van der Waals surface area contributed by atoms with Crippen molar-refractivity contribution < 1.29 is 14.6 Å². The summed E-state index contributed by atoms with van der Waals surface area (Å²) >= 11 is 0. The number of phenols is 1. The largest absolute Gasteiger partial charge is 0.507 e. The summed E-state index contributed by atoms with van der Waals surface area (Å²) in [4.78, 5) is 15.2. The van der Waals surface area contributed by atoms with Crippen molar-refractivity contribution in [3.05, 3.63) is 94.7 Å². The van der Waals surface area contributed by atoms with E-state index in [9.17, 15) is 9.90 Å². The van der Waals surface area contributed by atoms with E-state index < -0.39 is 0 Å². The molecule has 1 aliphatic heterocycles. The molecule has 2 heterocycles. The number of aromatic nitrogens is 2. The van der Waals surface area contributed by atoms with Gasteiger partial charge in [-0.25, -0.2) is 0 Å². The third-order valence-corrected chi connectivity index (χ3v) is 6.18. The van der Waals surface area contributed by atoms with Crippen LogP contribution >= 0.6 is 0 Å². The van der Waals surface area contributed by atoms with Crippen LogP contribution in [0.1, 0.15) is 52.1 Å². The Bertz CT molecular complexity index is 1360. The summed E-state index contributed by atoms with van der Waals surface area (Å²) in [5, 5.41) is 18.3. The summed E-state index contributed by atoms with van der Waals surface area (Å²) in [5.74, 6) is 1.54. The molecule has 0 spiro atoms. The van der Waals surface area contributed by atoms with Gasteiger partial charge in [-0.1, -0.05) is 43.3 Å². The highest BCUT2D eigenvalue weighted by molar-refractivity contribution is 6.00. The van der Waals surface area contributed by atoms with E-state index in [-0.39, 0.29) is 17.7 Å². The molecule has 1 unspecified atom stereocenters. The molecule has 1 amide bonds. The third kappa shape index (κ3) is 3.71. The lowest BCUT2D eigenvalue weighted by Crippen LogP contribution is -2.30. The first-order valence-corrected chi connectivity index (χ1v) is 11.5. The zero-order valence-corrected chi connectivity index (χ0v) is 19.5. The van der Waals surface area contributed by atoms with Gasteiger partial charge in [0.1, 0.15) is 28.6 Å². The summed E-state index contributed by atoms with van der Waals surface area (Å²) in [5.41, 5.74) is 5.22. The number of fused-ring (bicyclic) bond motifs is 1. The van der Waals surface area contributed by atoms with E-state index in [4.69, 9.17) is 4.74 Å². The van der Waals surface area contributed by atoms with Crippen molar-refractivity contribution in [2.24, 2.45) is 0 Å². The molecular weight excluding hydrogens is 426 g/mol. The van der Waals surface area contributed by atoms with Gasteiger partial charge in [-0.3, -0.25) is 9.89 Å². The second kappa shape index (κ2) is 8.71. The fraction of sp³-hybridized carbons (Fsp3) is 0.214. The predicted molar refractivity (Wildman–Crippen MR) is 131 cm³/mol. The van der Waals surface area contributed by atoms with Crippen LogP contribution in [-0.4, -0.2) is 32.7 Å². The number of aromatic amines is 1. The number of carbonyl (C=O) groups excluding carboxylic acids is 1. The van der Waals surface area contributed by atoms with E-state index in [1.54, 1.807) is 0 Å². The Kier molecular flexibility index (Phi) is 5.57. The maximum absolute atomic E-state index is 13.4. The predicted octanol–water partition coefficient (Wildman–Crippen LogP) is 6.15. The molecule has 34 heavy (non-hydrogen) atoms. The van der Waals surface area contributed by atoms with Gasteiger partial charge in [-0.05, 0) is 67.3 Å². The minimum absolute atomic E-state index is 0.0844. The molecule has 172 valence electrons. The quantitative estimate of drug-likeness (QED) is 0.367. The molecule has 1 aromatic heterocycles. The molecule has 0 saturated carbocycles. The van der Waals surface area contributed by atoms with Crippen LogP contribution in [0.5, 0.6) is 17.2 Å². The van der Waals surface area contributed by atoms with Crippen molar-refractivity contribution >= 4 is 5.91 Å². The summed E-state index contributed by atoms with van der Waals surface area (Å²) < 4.78 is 6.07. The van der Waals surface area contributed by atoms with Crippen LogP contribution in [0.4, 0.5) is 0 Å². The zero-order chi connectivity index (χ0) is 23.8. The normalized spacial score (nSPS) is 15.0. The molecule has 3 aromatic carbocycles. The zero-order valence-electron chi connectivity index (χ0n) is 19.5.